The predicted octanol–water partition coefficient (Wildman–Crippen LogP) is 1.06. The summed E-state index contributed by atoms with van der Waals surface area (Å²) in [4.78, 5) is -1.42. The number of halogens is 3. The summed E-state index contributed by atoms with van der Waals surface area (Å²) >= 11 is 3.59. The van der Waals surface area contributed by atoms with Gasteiger partial charge in [0, 0.05) is 0 Å². The third-order valence-corrected chi connectivity index (χ3v) is 0.511. The van der Waals surface area contributed by atoms with Gasteiger partial charge in [-0.2, -0.15) is 40.2 Å². The van der Waals surface area contributed by atoms with Gasteiger partial charge in [0.05, 0.1) is 0 Å². The highest BCUT2D eigenvalue weighted by molar-refractivity contribution is 7.80. The fourth-order valence-corrected chi connectivity index (χ4v) is 0. The number of hydrogen-bond donors (Lipinski definition) is 1. The summed E-state index contributed by atoms with van der Waals surface area (Å²) in [5, 5.41) is 0. The van der Waals surface area contributed by atoms with Crippen LogP contribution in [0.5, 0.6) is 0 Å². The Balaban J connectivity index is -0.000000180. The van der Waals surface area contributed by atoms with Crippen molar-refractivity contribution in [3.63, 3.8) is 0 Å². The molecule has 0 fully saturated rings. The lowest BCUT2D eigenvalue weighted by Gasteiger charge is -1.98. The molecule has 0 spiro atoms. The van der Waals surface area contributed by atoms with Gasteiger partial charge in [0.2, 0.25) is 0 Å². The number of alkyl halides is 3. The van der Waals surface area contributed by atoms with Gasteiger partial charge >= 0.3 is 6.18 Å². The van der Waals surface area contributed by atoms with Gasteiger partial charge in [-0.1, -0.05) is 12.2 Å². The first kappa shape index (κ1) is 16.2. The van der Waals surface area contributed by atoms with Gasteiger partial charge in [0.1, 0.15) is 0 Å². The minimum atomic E-state index is -4.49. The molecular formula is C2H6F3NS3. The van der Waals surface area contributed by atoms with E-state index in [-0.39, 0.29) is 27.0 Å². The van der Waals surface area contributed by atoms with E-state index in [4.69, 9.17) is 0 Å². The lowest BCUT2D eigenvalue weighted by molar-refractivity contribution is -0.0573. The van der Waals surface area contributed by atoms with Gasteiger partial charge in [-0.3, -0.25) is 0 Å². The molecule has 0 saturated carbocycles. The van der Waals surface area contributed by atoms with E-state index >= 15 is 0 Å². The Morgan fingerprint density at radius 2 is 1.33 bits per heavy atom. The third kappa shape index (κ3) is 8.38. The molecule has 0 amide bonds. The van der Waals surface area contributed by atoms with Crippen LogP contribution in [0.2, 0.25) is 0 Å². The van der Waals surface area contributed by atoms with Crippen LogP contribution < -0.4 is 5.73 Å². The molecule has 7 heteroatoms. The van der Waals surface area contributed by atoms with Gasteiger partial charge < -0.3 is 5.73 Å². The maximum atomic E-state index is 10.9. The van der Waals surface area contributed by atoms with Gasteiger partial charge in [-0.05, 0) is 0 Å². The van der Waals surface area contributed by atoms with Crippen molar-refractivity contribution in [1.29, 1.82) is 0 Å². The summed E-state index contributed by atoms with van der Waals surface area (Å²) in [5.41, 5.74) is 4.18. The first-order valence-corrected chi connectivity index (χ1v) is 1.72. The molecule has 0 atom stereocenters. The molecule has 0 radical (unpaired) electrons. The van der Waals surface area contributed by atoms with E-state index in [1.165, 1.54) is 0 Å². The molecule has 0 saturated heterocycles. The average Bonchev–Trinajstić information content (AvgIpc) is 1.31. The number of hydrogen-bond acceptors (Lipinski definition) is 1. The Kier molecular flexibility index (Phi) is 9.33. The molecular weight excluding hydrogens is 191 g/mol. The summed E-state index contributed by atoms with van der Waals surface area (Å²) in [7, 11) is 0. The first-order valence-electron chi connectivity index (χ1n) is 1.31. The normalized spacial score (nSPS) is 8.78. The van der Waals surface area contributed by atoms with Crippen LogP contribution in [-0.2, 0) is 0 Å². The van der Waals surface area contributed by atoms with Crippen LogP contribution in [0.25, 0.3) is 0 Å². The highest BCUT2D eigenvalue weighted by Gasteiger charge is 2.31. The van der Waals surface area contributed by atoms with Crippen LogP contribution in [0.3, 0.4) is 0 Å². The molecule has 0 unspecified atom stereocenters. The van der Waals surface area contributed by atoms with E-state index < -0.39 is 11.2 Å². The largest absolute Gasteiger partial charge is 0.441 e. The zero-order valence-corrected chi connectivity index (χ0v) is 6.94. The highest BCUT2D eigenvalue weighted by atomic mass is 32.1. The molecule has 0 rings (SSSR count). The SMILES string of the molecule is NC(=S)C(F)(F)F.S.S. The molecule has 0 aliphatic heterocycles. The molecule has 0 aliphatic carbocycles. The van der Waals surface area contributed by atoms with Crippen LogP contribution in [0, 0.1) is 0 Å². The summed E-state index contributed by atoms with van der Waals surface area (Å²) in [6.07, 6.45) is -4.49. The third-order valence-electron chi connectivity index (χ3n) is 0.279. The van der Waals surface area contributed by atoms with Gasteiger partial charge in [-0.15, -0.1) is 0 Å². The van der Waals surface area contributed by atoms with E-state index in [2.05, 4.69) is 18.0 Å². The predicted molar refractivity (Wildman–Crippen MR) is 43.6 cm³/mol. The van der Waals surface area contributed by atoms with Crippen molar-refractivity contribution in [2.75, 3.05) is 0 Å². The molecule has 0 aromatic carbocycles. The monoisotopic (exact) mass is 197 g/mol. The van der Waals surface area contributed by atoms with Crippen molar-refractivity contribution in [3.8, 4) is 0 Å². The van der Waals surface area contributed by atoms with E-state index in [1.807, 2.05) is 0 Å². The van der Waals surface area contributed by atoms with Crippen LogP contribution in [-0.4, -0.2) is 11.2 Å². The summed E-state index contributed by atoms with van der Waals surface area (Å²) in [6.45, 7) is 0. The lowest BCUT2D eigenvalue weighted by Crippen LogP contribution is -2.28. The van der Waals surface area contributed by atoms with Crippen LogP contribution in [0.15, 0.2) is 0 Å². The van der Waals surface area contributed by atoms with E-state index in [1.54, 1.807) is 0 Å². The standard InChI is InChI=1S/C2H2F3NS.2H2S/c3-2(4,5)1(6)7;;/h(H2,6,7);2*1H2. The van der Waals surface area contributed by atoms with Crippen molar-refractivity contribution in [3.05, 3.63) is 0 Å². The Bertz CT molecular complexity index is 89.5. The maximum Gasteiger partial charge on any atom is 0.441 e. The van der Waals surface area contributed by atoms with Gasteiger partial charge in [0.15, 0.2) is 4.99 Å². The lowest BCUT2D eigenvalue weighted by atomic mass is 10.7. The zero-order valence-electron chi connectivity index (χ0n) is 4.12. The molecule has 0 aliphatic rings. The number of nitrogens with two attached hydrogens (primary N) is 1. The zero-order chi connectivity index (χ0) is 6.08. The Hall–Kier alpha value is 0.380. The number of thiocarbonyl (C=S) groups is 1. The topological polar surface area (TPSA) is 26.0 Å². The van der Waals surface area contributed by atoms with Crippen molar-refractivity contribution in [2.45, 2.75) is 6.18 Å². The van der Waals surface area contributed by atoms with Crippen LogP contribution in [0.1, 0.15) is 0 Å². The second-order valence-electron chi connectivity index (χ2n) is 0.862. The molecule has 0 heterocycles. The molecule has 9 heavy (non-hydrogen) atoms. The summed E-state index contributed by atoms with van der Waals surface area (Å²) in [6, 6.07) is 0. The number of rotatable bonds is 0. The maximum absolute atomic E-state index is 10.9. The van der Waals surface area contributed by atoms with Crippen molar-refractivity contribution in [1.82, 2.24) is 0 Å². The minimum absolute atomic E-state index is 0. The first-order chi connectivity index (χ1) is 2.94. The molecule has 0 aromatic rings. The average molecular weight is 197 g/mol. The summed E-state index contributed by atoms with van der Waals surface area (Å²) in [5.74, 6) is 0. The minimum Gasteiger partial charge on any atom is -0.386 e. The smallest absolute Gasteiger partial charge is 0.386 e. The van der Waals surface area contributed by atoms with Crippen molar-refractivity contribution in [2.24, 2.45) is 5.73 Å². The Morgan fingerprint density at radius 3 is 1.33 bits per heavy atom. The second-order valence-corrected chi connectivity index (χ2v) is 1.30. The second kappa shape index (κ2) is 5.19. The molecule has 0 aromatic heterocycles. The Morgan fingerprint density at radius 1 is 1.22 bits per heavy atom. The van der Waals surface area contributed by atoms with Crippen molar-refractivity contribution < 1.29 is 13.2 Å². The van der Waals surface area contributed by atoms with E-state index in [0.29, 0.717) is 0 Å². The van der Waals surface area contributed by atoms with Crippen LogP contribution in [0.4, 0.5) is 13.2 Å². The highest BCUT2D eigenvalue weighted by Crippen LogP contribution is 2.13. The van der Waals surface area contributed by atoms with Gasteiger partial charge in [-0.25, -0.2) is 0 Å². The quantitative estimate of drug-likeness (QED) is 0.588. The van der Waals surface area contributed by atoms with Crippen molar-refractivity contribution >= 4 is 44.2 Å². The molecule has 2 N–H and O–H groups in total. The molecule has 58 valence electrons. The van der Waals surface area contributed by atoms with Crippen LogP contribution >= 0.6 is 39.2 Å². The fraction of sp³-hybridized carbons (Fsp3) is 0.500. The van der Waals surface area contributed by atoms with Gasteiger partial charge in [0.25, 0.3) is 0 Å². The van der Waals surface area contributed by atoms with E-state index in [9.17, 15) is 13.2 Å². The summed E-state index contributed by atoms with van der Waals surface area (Å²) < 4.78 is 32.7. The Labute approximate surface area is 69.7 Å². The van der Waals surface area contributed by atoms with E-state index in [0.717, 1.165) is 0 Å². The fourth-order valence-electron chi connectivity index (χ4n) is 0. The molecule has 0 bridgehead atoms. The molecule has 1 nitrogen and oxygen atoms in total.